The summed E-state index contributed by atoms with van der Waals surface area (Å²) in [6.45, 7) is 2.85. The molecule has 3 aromatic heterocycles. The van der Waals surface area contributed by atoms with Gasteiger partial charge in [-0.2, -0.15) is 22.1 Å². The first-order valence-electron chi connectivity index (χ1n) is 19.6. The molecule has 0 spiro atoms. The van der Waals surface area contributed by atoms with E-state index in [1.54, 1.807) is 43.3 Å². The van der Waals surface area contributed by atoms with Gasteiger partial charge in [-0.25, -0.2) is 20.5 Å². The highest BCUT2D eigenvalue weighted by atomic mass is 35.5. The number of hydrogen-bond acceptors (Lipinski definition) is 25. The summed E-state index contributed by atoms with van der Waals surface area (Å²) in [6.07, 6.45) is -0.159. The van der Waals surface area contributed by atoms with Gasteiger partial charge in [0.15, 0.2) is 17.1 Å². The van der Waals surface area contributed by atoms with Gasteiger partial charge in [0.1, 0.15) is 39.3 Å². The smallest absolute Gasteiger partial charge is 0.296 e. The highest BCUT2D eigenvalue weighted by molar-refractivity contribution is 7.95. The Balaban J connectivity index is 1.20. The lowest BCUT2D eigenvalue weighted by molar-refractivity contribution is -0.432. The molecule has 71 heavy (non-hydrogen) atoms. The van der Waals surface area contributed by atoms with Crippen LogP contribution < -0.4 is 4.74 Å². The Morgan fingerprint density at radius 1 is 0.817 bits per heavy atom. The zero-order valence-electron chi connectivity index (χ0n) is 35.7. The summed E-state index contributed by atoms with van der Waals surface area (Å²) < 4.78 is 85.0. The second kappa shape index (κ2) is 21.0. The molecular formula is C40H29ClN10O15S5. The molecule has 0 atom stereocenters. The number of aryl methyl sites for hydroxylation is 1. The molecule has 0 aliphatic carbocycles. The number of halogens is 1. The molecule has 5 aromatic carbocycles. The minimum absolute atomic E-state index is 0.0115. The molecule has 0 saturated heterocycles. The summed E-state index contributed by atoms with van der Waals surface area (Å²) in [5.74, 6) is -1.84. The van der Waals surface area contributed by atoms with E-state index in [4.69, 9.17) is 26.9 Å². The Labute approximate surface area is 415 Å². The van der Waals surface area contributed by atoms with Crippen LogP contribution in [-0.4, -0.2) is 73.4 Å². The van der Waals surface area contributed by atoms with Gasteiger partial charge >= 0.3 is 0 Å². The van der Waals surface area contributed by atoms with Crippen molar-refractivity contribution in [2.24, 2.45) is 30.7 Å². The molecule has 8 rings (SSSR count). The summed E-state index contributed by atoms with van der Waals surface area (Å²) in [5.41, 5.74) is 1.15. The van der Waals surface area contributed by atoms with Crippen LogP contribution in [0.3, 0.4) is 0 Å². The second-order valence-electron chi connectivity index (χ2n) is 14.5. The van der Waals surface area contributed by atoms with Crippen LogP contribution in [0.4, 0.5) is 33.6 Å². The third kappa shape index (κ3) is 11.0. The van der Waals surface area contributed by atoms with Crippen molar-refractivity contribution in [1.82, 2.24) is 14.4 Å². The number of aromatic nitrogens is 3. The first-order chi connectivity index (χ1) is 33.9. The van der Waals surface area contributed by atoms with Gasteiger partial charge < -0.3 is 14.9 Å². The van der Waals surface area contributed by atoms with Crippen molar-refractivity contribution in [3.63, 3.8) is 0 Å². The van der Waals surface area contributed by atoms with Crippen molar-refractivity contribution in [1.29, 1.82) is 5.26 Å². The van der Waals surface area contributed by atoms with Crippen molar-refractivity contribution < 1.29 is 70.1 Å². The number of hydrogen-bond donors (Lipinski definition) is 6. The van der Waals surface area contributed by atoms with E-state index < -0.39 is 48.2 Å². The van der Waals surface area contributed by atoms with E-state index in [0.717, 1.165) is 23.5 Å². The van der Waals surface area contributed by atoms with Gasteiger partial charge in [0.25, 0.3) is 20.2 Å². The zero-order valence-corrected chi connectivity index (χ0v) is 40.6. The number of ether oxygens (including phenoxy) is 1. The molecule has 0 saturated carbocycles. The van der Waals surface area contributed by atoms with Crippen LogP contribution in [0.2, 0.25) is 5.02 Å². The molecule has 3 heterocycles. The zero-order chi connectivity index (χ0) is 50.8. The number of thiazole rings is 1. The number of fused-ring (bicyclic) bond motifs is 5. The monoisotopic (exact) mass is 1080 g/mol. The van der Waals surface area contributed by atoms with E-state index in [0.29, 0.717) is 55.8 Å². The first kappa shape index (κ1) is 50.8. The topological polar surface area (TPSA) is 364 Å². The number of phenols is 1. The van der Waals surface area contributed by atoms with Crippen LogP contribution in [0, 0.1) is 25.2 Å². The highest BCUT2D eigenvalue weighted by Gasteiger charge is 2.25. The summed E-state index contributed by atoms with van der Waals surface area (Å²) >= 11 is 8.40. The number of para-hydroxylation sites is 2. The predicted molar refractivity (Wildman–Crippen MR) is 255 cm³/mol. The van der Waals surface area contributed by atoms with Crippen molar-refractivity contribution in [2.45, 2.75) is 35.0 Å². The van der Waals surface area contributed by atoms with E-state index in [1.807, 2.05) is 6.07 Å². The normalized spacial score (nSPS) is 12.5. The average Bonchev–Trinajstić information content (AvgIpc) is 3.91. The van der Waals surface area contributed by atoms with Gasteiger partial charge in [0.05, 0.1) is 78.2 Å². The van der Waals surface area contributed by atoms with Crippen LogP contribution >= 0.6 is 47.0 Å². The molecule has 0 bridgehead atoms. The van der Waals surface area contributed by atoms with Crippen LogP contribution in [-0.2, 0) is 39.0 Å². The molecule has 25 nitrogen and oxygen atoms in total. The summed E-state index contributed by atoms with van der Waals surface area (Å²) in [5, 5.41) is 83.9. The van der Waals surface area contributed by atoms with Crippen molar-refractivity contribution in [2.75, 3.05) is 12.4 Å². The standard InChI is InChI=1S/C40H29ClN10O15S5/c1-18-10-26(30(62-8-5-9-70(56,57)58)15-25(18)45-50-40-44-27-16-31(68-65-63-54)23(41)14-32(27)67-40)46-49-36-33(69-66-64-55)11-20-12-34(71(59,60)61)28(13-21(20)37(36)52)47-48-35-19(2)22(17-42)38-43-24-6-3-4-7-29(24)51(38)39(35)53/h3-4,6-7,10-16,52-55H,5,8-9H2,1-2H3,(H,56,57,58)(H,59,60,61). The van der Waals surface area contributed by atoms with Crippen molar-refractivity contribution in [3.8, 4) is 23.4 Å². The molecule has 31 heteroatoms. The number of imidazole rings is 1. The van der Waals surface area contributed by atoms with E-state index in [2.05, 4.69) is 59.4 Å². The molecule has 0 fully saturated rings. The van der Waals surface area contributed by atoms with E-state index >= 15 is 0 Å². The number of rotatable bonds is 18. The minimum atomic E-state index is -5.09. The Morgan fingerprint density at radius 2 is 1.52 bits per heavy atom. The summed E-state index contributed by atoms with van der Waals surface area (Å²) in [7, 11) is -9.44. The van der Waals surface area contributed by atoms with E-state index in [-0.39, 0.29) is 84.1 Å². The molecule has 366 valence electrons. The average molecular weight is 1090 g/mol. The lowest BCUT2D eigenvalue weighted by Crippen LogP contribution is -2.08. The number of aromatic hydroxyl groups is 2. The van der Waals surface area contributed by atoms with Gasteiger partial charge in [-0.15, -0.1) is 39.4 Å². The van der Waals surface area contributed by atoms with E-state index in [1.165, 1.54) is 29.5 Å². The van der Waals surface area contributed by atoms with Gasteiger partial charge in [-0.3, -0.25) is 13.5 Å². The van der Waals surface area contributed by atoms with Crippen LogP contribution in [0.5, 0.6) is 17.4 Å². The van der Waals surface area contributed by atoms with Crippen LogP contribution in [0.15, 0.2) is 112 Å². The maximum absolute atomic E-state index is 12.8. The Morgan fingerprint density at radius 3 is 2.24 bits per heavy atom. The minimum Gasteiger partial charge on any atom is -0.505 e. The van der Waals surface area contributed by atoms with Gasteiger partial charge in [-0.1, -0.05) is 45.1 Å². The van der Waals surface area contributed by atoms with Crippen LogP contribution in [0.25, 0.3) is 37.7 Å². The number of nitriles is 1. The van der Waals surface area contributed by atoms with Crippen LogP contribution in [0.1, 0.15) is 23.1 Å². The quantitative estimate of drug-likeness (QED) is 0.0116. The van der Waals surface area contributed by atoms with Gasteiger partial charge in [0.2, 0.25) is 11.0 Å². The molecule has 8 aromatic rings. The highest BCUT2D eigenvalue weighted by Crippen LogP contribution is 2.48. The number of nitrogens with zero attached hydrogens (tertiary/aromatic N) is 10. The Hall–Kier alpha value is -6.54. The molecule has 0 unspecified atom stereocenters. The van der Waals surface area contributed by atoms with Gasteiger partial charge in [0, 0.05) is 17.0 Å². The third-order valence-electron chi connectivity index (χ3n) is 10.0. The molecule has 0 radical (unpaired) electrons. The van der Waals surface area contributed by atoms with E-state index in [9.17, 15) is 41.4 Å². The SMILES string of the molecule is Cc1cc(N=Nc2c(SOOO)cc3cc(S(=O)(=O)O)c(N=Nc4c(C)c(C#N)c5nc6ccccc6n5c4O)cc3c2O)c(OCCCS(=O)(=O)O)cc1N=Nc1nc2cc(SOOO)c(Cl)cc2s1. The summed E-state index contributed by atoms with van der Waals surface area (Å²) in [4.78, 5) is 8.34. The fourth-order valence-corrected chi connectivity index (χ4v) is 10.00. The summed E-state index contributed by atoms with van der Waals surface area (Å²) in [6, 6.07) is 18.1. The third-order valence-corrected chi connectivity index (χ3v) is 14.3. The molecule has 0 amide bonds. The maximum atomic E-state index is 12.8. The molecule has 6 N–H and O–H groups in total. The molecule has 0 aliphatic rings. The number of phenolic OH excluding ortho intramolecular Hbond substituents is 1. The molecule has 0 aliphatic heterocycles. The maximum Gasteiger partial charge on any atom is 0.296 e. The number of benzene rings is 5. The lowest BCUT2D eigenvalue weighted by atomic mass is 10.1. The largest absolute Gasteiger partial charge is 0.505 e. The first-order valence-corrected chi connectivity index (χ1v) is 25.3. The van der Waals surface area contributed by atoms with Crippen molar-refractivity contribution in [3.05, 3.63) is 88.4 Å². The Bertz CT molecular complexity index is 3810. The molecular weight excluding hydrogens is 1060 g/mol. The van der Waals surface area contributed by atoms with Gasteiger partial charge in [-0.05, 0) is 79.7 Å². The number of pyridine rings is 1. The fraction of sp³-hybridized carbons (Fsp3) is 0.125. The number of azo groups is 3. The van der Waals surface area contributed by atoms with Crippen molar-refractivity contribution >= 4 is 138 Å². The lowest BCUT2D eigenvalue weighted by Gasteiger charge is -2.13. The predicted octanol–water partition coefficient (Wildman–Crippen LogP) is 11.8. The fourth-order valence-electron chi connectivity index (χ4n) is 6.85. The second-order valence-corrected chi connectivity index (χ2v) is 20.4. The Kier molecular flexibility index (Phi) is 15.1.